The Morgan fingerprint density at radius 1 is 1.18 bits per heavy atom. The van der Waals surface area contributed by atoms with Crippen LogP contribution in [0.2, 0.25) is 0 Å². The number of carbonyl (C=O) groups excluding carboxylic acids is 1. The van der Waals surface area contributed by atoms with Crippen LogP contribution in [0.3, 0.4) is 0 Å². The Kier molecular flexibility index (Phi) is 3.76. The van der Waals surface area contributed by atoms with E-state index in [0.717, 1.165) is 25.5 Å². The molecule has 0 spiro atoms. The topological polar surface area (TPSA) is 88.4 Å². The smallest absolute Gasteiger partial charge is 0.273 e. The first-order chi connectivity index (χ1) is 10.5. The molecule has 116 valence electrons. The molecule has 1 aromatic carbocycles. The van der Waals surface area contributed by atoms with Crippen molar-refractivity contribution in [3.8, 4) is 0 Å². The van der Waals surface area contributed by atoms with Gasteiger partial charge in [0.1, 0.15) is 6.26 Å². The van der Waals surface area contributed by atoms with E-state index >= 15 is 0 Å². The van der Waals surface area contributed by atoms with Gasteiger partial charge in [0.2, 0.25) is 5.09 Å². The van der Waals surface area contributed by atoms with Crippen molar-refractivity contribution in [3.05, 3.63) is 47.2 Å². The van der Waals surface area contributed by atoms with Gasteiger partial charge in [-0.1, -0.05) is 6.07 Å². The number of hydrogen-bond donors (Lipinski definition) is 2. The summed E-state index contributed by atoms with van der Waals surface area (Å²) in [5, 5.41) is 2.47. The largest absolute Gasteiger partial charge is 0.451 e. The maximum atomic E-state index is 12.2. The first-order valence-electron chi connectivity index (χ1n) is 6.95. The van der Waals surface area contributed by atoms with Crippen molar-refractivity contribution in [3.63, 3.8) is 0 Å². The van der Waals surface area contributed by atoms with Crippen LogP contribution >= 0.6 is 0 Å². The molecule has 1 aromatic heterocycles. The summed E-state index contributed by atoms with van der Waals surface area (Å²) in [6.45, 7) is 0. The average Bonchev–Trinajstić information content (AvgIpc) is 3.16. The monoisotopic (exact) mass is 320 g/mol. The molecule has 22 heavy (non-hydrogen) atoms. The molecule has 0 bridgehead atoms. The summed E-state index contributed by atoms with van der Waals surface area (Å²) in [5.74, 6) is -0.403. The third-order valence-corrected chi connectivity index (χ3v) is 5.01. The van der Waals surface area contributed by atoms with Crippen LogP contribution in [-0.4, -0.2) is 21.4 Å². The Labute approximate surface area is 128 Å². The van der Waals surface area contributed by atoms with Crippen LogP contribution in [0.1, 0.15) is 27.9 Å². The molecule has 0 unspecified atom stereocenters. The zero-order chi connectivity index (χ0) is 15.7. The van der Waals surface area contributed by atoms with Crippen molar-refractivity contribution in [2.45, 2.75) is 24.4 Å². The van der Waals surface area contributed by atoms with E-state index in [0.29, 0.717) is 5.69 Å². The molecule has 1 heterocycles. The summed E-state index contributed by atoms with van der Waals surface area (Å²) < 4.78 is 30.2. The molecular formula is C15H16N2O4S. The normalized spacial score (nSPS) is 13.9. The molecule has 1 amide bonds. The summed E-state index contributed by atoms with van der Waals surface area (Å²) in [6, 6.07) is 7.04. The highest BCUT2D eigenvalue weighted by atomic mass is 32.2. The Balaban J connectivity index is 1.78. The van der Waals surface area contributed by atoms with Gasteiger partial charge in [-0.2, -0.15) is 0 Å². The number of aryl methyl sites for hydroxylation is 2. The van der Waals surface area contributed by atoms with Gasteiger partial charge in [-0.05, 0) is 49.6 Å². The van der Waals surface area contributed by atoms with E-state index in [4.69, 9.17) is 4.42 Å². The number of sulfonamides is 1. The second kappa shape index (κ2) is 5.58. The molecule has 1 aliphatic rings. The molecular weight excluding hydrogens is 304 g/mol. The number of hydrogen-bond acceptors (Lipinski definition) is 4. The number of fused-ring (bicyclic) bond motifs is 1. The Hall–Kier alpha value is -2.12. The highest BCUT2D eigenvalue weighted by Crippen LogP contribution is 2.25. The molecule has 1 aliphatic carbocycles. The number of carbonyl (C=O) groups is 1. The van der Waals surface area contributed by atoms with Crippen LogP contribution < -0.4 is 10.0 Å². The van der Waals surface area contributed by atoms with Gasteiger partial charge in [0.25, 0.3) is 15.9 Å². The van der Waals surface area contributed by atoms with Gasteiger partial charge in [0.15, 0.2) is 0 Å². The highest BCUT2D eigenvalue weighted by Gasteiger charge is 2.19. The zero-order valence-electron chi connectivity index (χ0n) is 12.0. The molecule has 6 nitrogen and oxygen atoms in total. The first kappa shape index (κ1) is 14.8. The lowest BCUT2D eigenvalue weighted by Crippen LogP contribution is -2.18. The van der Waals surface area contributed by atoms with Crippen LogP contribution in [0, 0.1) is 0 Å². The minimum atomic E-state index is -3.69. The van der Waals surface area contributed by atoms with Crippen molar-refractivity contribution >= 4 is 21.6 Å². The van der Waals surface area contributed by atoms with E-state index in [1.807, 2.05) is 18.2 Å². The summed E-state index contributed by atoms with van der Waals surface area (Å²) in [5.41, 5.74) is 3.44. The van der Waals surface area contributed by atoms with Crippen molar-refractivity contribution in [1.82, 2.24) is 4.72 Å². The van der Waals surface area contributed by atoms with Crippen LogP contribution in [0.5, 0.6) is 0 Å². The fraction of sp³-hybridized carbons (Fsp3) is 0.267. The van der Waals surface area contributed by atoms with Crippen LogP contribution in [0.4, 0.5) is 5.69 Å². The molecule has 0 radical (unpaired) electrons. The van der Waals surface area contributed by atoms with E-state index in [2.05, 4.69) is 10.0 Å². The van der Waals surface area contributed by atoms with E-state index in [9.17, 15) is 13.2 Å². The number of amides is 1. The van der Waals surface area contributed by atoms with Crippen LogP contribution in [-0.2, 0) is 22.9 Å². The number of nitrogens with one attached hydrogen (secondary N) is 2. The minimum Gasteiger partial charge on any atom is -0.451 e. The van der Waals surface area contributed by atoms with Gasteiger partial charge in [-0.25, -0.2) is 13.1 Å². The Morgan fingerprint density at radius 3 is 2.73 bits per heavy atom. The van der Waals surface area contributed by atoms with Crippen LogP contribution in [0.25, 0.3) is 0 Å². The van der Waals surface area contributed by atoms with Gasteiger partial charge in [0.05, 0.1) is 5.56 Å². The highest BCUT2D eigenvalue weighted by molar-refractivity contribution is 7.89. The first-order valence-corrected chi connectivity index (χ1v) is 8.43. The molecule has 7 heteroatoms. The van der Waals surface area contributed by atoms with E-state index in [-0.39, 0.29) is 10.7 Å². The summed E-state index contributed by atoms with van der Waals surface area (Å²) in [4.78, 5) is 12.2. The number of benzene rings is 1. The summed E-state index contributed by atoms with van der Waals surface area (Å²) in [7, 11) is -2.41. The lowest BCUT2D eigenvalue weighted by Gasteiger charge is -2.06. The predicted octanol–water partition coefficient (Wildman–Crippen LogP) is 1.93. The molecule has 0 atom stereocenters. The fourth-order valence-electron chi connectivity index (χ4n) is 2.53. The number of rotatable bonds is 4. The van der Waals surface area contributed by atoms with E-state index < -0.39 is 15.9 Å². The minimum absolute atomic E-state index is 0.161. The molecule has 0 saturated heterocycles. The molecule has 2 aromatic rings. The summed E-state index contributed by atoms with van der Waals surface area (Å²) >= 11 is 0. The Morgan fingerprint density at radius 2 is 1.95 bits per heavy atom. The van der Waals surface area contributed by atoms with Crippen LogP contribution in [0.15, 0.2) is 40.0 Å². The third-order valence-electron chi connectivity index (χ3n) is 3.73. The SMILES string of the molecule is CNS(=O)(=O)c1cc(C(=O)Nc2ccc3c(c2)CCC3)co1. The second-order valence-corrected chi connectivity index (χ2v) is 6.97. The summed E-state index contributed by atoms with van der Waals surface area (Å²) in [6.07, 6.45) is 4.37. The average molecular weight is 320 g/mol. The van der Waals surface area contributed by atoms with Gasteiger partial charge in [-0.3, -0.25) is 4.79 Å². The molecule has 0 saturated carbocycles. The van der Waals surface area contributed by atoms with Crippen molar-refractivity contribution < 1.29 is 17.6 Å². The third kappa shape index (κ3) is 2.77. The van der Waals surface area contributed by atoms with E-state index in [1.165, 1.54) is 24.2 Å². The maximum Gasteiger partial charge on any atom is 0.273 e. The van der Waals surface area contributed by atoms with Gasteiger partial charge in [0, 0.05) is 11.8 Å². The maximum absolute atomic E-state index is 12.2. The van der Waals surface area contributed by atoms with Gasteiger partial charge < -0.3 is 9.73 Å². The number of furan rings is 1. The predicted molar refractivity (Wildman–Crippen MR) is 81.4 cm³/mol. The molecule has 0 fully saturated rings. The Bertz CT molecular complexity index is 824. The van der Waals surface area contributed by atoms with Crippen molar-refractivity contribution in [2.24, 2.45) is 0 Å². The molecule has 0 aliphatic heterocycles. The number of anilines is 1. The van der Waals surface area contributed by atoms with Gasteiger partial charge >= 0.3 is 0 Å². The van der Waals surface area contributed by atoms with Crippen molar-refractivity contribution in [2.75, 3.05) is 12.4 Å². The lowest BCUT2D eigenvalue weighted by atomic mass is 10.1. The molecule has 2 N–H and O–H groups in total. The van der Waals surface area contributed by atoms with Gasteiger partial charge in [-0.15, -0.1) is 0 Å². The second-order valence-electron chi connectivity index (χ2n) is 5.15. The lowest BCUT2D eigenvalue weighted by molar-refractivity contribution is 0.102. The quantitative estimate of drug-likeness (QED) is 0.901. The standard InChI is InChI=1S/C15H16N2O4S/c1-16-22(19,20)14-8-12(9-21-14)15(18)17-13-6-5-10-3-2-4-11(10)7-13/h5-9,16H,2-4H2,1H3,(H,17,18). The fourth-order valence-corrected chi connectivity index (χ4v) is 3.19. The van der Waals surface area contributed by atoms with E-state index in [1.54, 1.807) is 0 Å². The van der Waals surface area contributed by atoms with Crippen molar-refractivity contribution in [1.29, 1.82) is 0 Å². The zero-order valence-corrected chi connectivity index (χ0v) is 12.9. The molecule has 3 rings (SSSR count).